The summed E-state index contributed by atoms with van der Waals surface area (Å²) in [5, 5.41) is 0. The first kappa shape index (κ1) is 10.8. The second-order valence-corrected chi connectivity index (χ2v) is 4.54. The molecular weight excluding hydrogens is 222 g/mol. The Morgan fingerprint density at radius 3 is 2.22 bits per heavy atom. The number of hydrogen-bond acceptors (Lipinski definition) is 1. The van der Waals surface area contributed by atoms with Crippen LogP contribution in [0.15, 0.2) is 55.2 Å². The molecule has 0 saturated heterocycles. The molecule has 1 aromatic carbocycles. The van der Waals surface area contributed by atoms with E-state index in [0.717, 1.165) is 5.69 Å². The molecule has 0 atom stereocenters. The molecule has 0 aliphatic carbocycles. The molecule has 0 spiro atoms. The van der Waals surface area contributed by atoms with E-state index in [1.807, 2.05) is 37.3 Å². The number of benzene rings is 1. The van der Waals surface area contributed by atoms with Gasteiger partial charge in [-0.05, 0) is 5.56 Å². The number of aromatic nitrogens is 3. The fraction of sp³-hybridized carbons (Fsp3) is 0.133. The highest BCUT2D eigenvalue weighted by atomic mass is 15.0. The lowest BCUT2D eigenvalue weighted by Crippen LogP contribution is -1.80. The average molecular weight is 237 g/mol. The Labute approximate surface area is 106 Å². The van der Waals surface area contributed by atoms with Gasteiger partial charge in [0.1, 0.15) is 0 Å². The molecule has 0 unspecified atom stereocenters. The number of nitrogens with zero attached hydrogens (tertiary/aromatic N) is 3. The molecule has 3 rings (SSSR count). The van der Waals surface area contributed by atoms with Gasteiger partial charge in [-0.15, -0.1) is 0 Å². The fourth-order valence-corrected chi connectivity index (χ4v) is 2.19. The van der Waals surface area contributed by atoms with Gasteiger partial charge in [-0.25, -0.2) is 4.98 Å². The van der Waals surface area contributed by atoms with Crippen LogP contribution in [0, 0.1) is 0 Å². The maximum absolute atomic E-state index is 4.44. The molecule has 0 N–H and O–H groups in total. The highest BCUT2D eigenvalue weighted by Crippen LogP contribution is 2.31. The van der Waals surface area contributed by atoms with Gasteiger partial charge in [0.25, 0.3) is 0 Å². The molecule has 3 aromatic rings. The minimum absolute atomic E-state index is 1.01. The Hall–Kier alpha value is -2.29. The molecule has 2 aromatic heterocycles. The minimum Gasteiger partial charge on any atom is -0.356 e. The van der Waals surface area contributed by atoms with Crippen molar-refractivity contribution in [3.05, 3.63) is 55.2 Å². The van der Waals surface area contributed by atoms with Crippen LogP contribution in [0.1, 0.15) is 0 Å². The minimum atomic E-state index is 1.01. The van der Waals surface area contributed by atoms with Crippen LogP contribution in [0.25, 0.3) is 22.4 Å². The van der Waals surface area contributed by atoms with E-state index in [-0.39, 0.29) is 0 Å². The summed E-state index contributed by atoms with van der Waals surface area (Å²) >= 11 is 0. The molecule has 0 aliphatic rings. The molecule has 0 saturated carbocycles. The van der Waals surface area contributed by atoms with E-state index in [2.05, 4.69) is 46.2 Å². The summed E-state index contributed by atoms with van der Waals surface area (Å²) in [6, 6.07) is 10.4. The Balaban J connectivity index is 2.16. The topological polar surface area (TPSA) is 22.8 Å². The SMILES string of the molecule is Cn1cnc(-c2cn(C)cc2-c2ccccc2)c1. The maximum Gasteiger partial charge on any atom is 0.0951 e. The highest BCUT2D eigenvalue weighted by molar-refractivity contribution is 5.81. The van der Waals surface area contributed by atoms with Crippen molar-refractivity contribution in [1.82, 2.24) is 14.1 Å². The van der Waals surface area contributed by atoms with Gasteiger partial charge >= 0.3 is 0 Å². The normalized spacial score (nSPS) is 10.8. The van der Waals surface area contributed by atoms with Crippen molar-refractivity contribution in [1.29, 1.82) is 0 Å². The standard InChI is InChI=1S/C15H15N3/c1-17-8-13(12-6-4-3-5-7-12)14(9-17)15-10-18(2)11-16-15/h3-11H,1-2H3. The Morgan fingerprint density at radius 1 is 0.833 bits per heavy atom. The summed E-state index contributed by atoms with van der Waals surface area (Å²) in [6.07, 6.45) is 8.13. The lowest BCUT2D eigenvalue weighted by atomic mass is 10.0. The number of aryl methyl sites for hydroxylation is 2. The summed E-state index contributed by atoms with van der Waals surface area (Å²) in [6.45, 7) is 0. The third-order valence-corrected chi connectivity index (χ3v) is 3.02. The van der Waals surface area contributed by atoms with E-state index in [9.17, 15) is 0 Å². The quantitative estimate of drug-likeness (QED) is 0.671. The van der Waals surface area contributed by atoms with Crippen LogP contribution in [0.3, 0.4) is 0 Å². The lowest BCUT2D eigenvalue weighted by Gasteiger charge is -2.01. The van der Waals surface area contributed by atoms with Crippen LogP contribution >= 0.6 is 0 Å². The van der Waals surface area contributed by atoms with Crippen LogP contribution < -0.4 is 0 Å². The molecule has 90 valence electrons. The molecule has 18 heavy (non-hydrogen) atoms. The van der Waals surface area contributed by atoms with Gasteiger partial charge in [0, 0.05) is 43.8 Å². The van der Waals surface area contributed by atoms with E-state index in [0.29, 0.717) is 0 Å². The monoisotopic (exact) mass is 237 g/mol. The number of rotatable bonds is 2. The number of imidazole rings is 1. The van der Waals surface area contributed by atoms with E-state index >= 15 is 0 Å². The van der Waals surface area contributed by atoms with E-state index in [1.54, 1.807) is 0 Å². The lowest BCUT2D eigenvalue weighted by molar-refractivity contribution is 0.913. The van der Waals surface area contributed by atoms with Gasteiger partial charge in [0.2, 0.25) is 0 Å². The van der Waals surface area contributed by atoms with Gasteiger partial charge in [0.15, 0.2) is 0 Å². The van der Waals surface area contributed by atoms with Gasteiger partial charge < -0.3 is 9.13 Å². The average Bonchev–Trinajstić information content (AvgIpc) is 2.96. The van der Waals surface area contributed by atoms with Crippen LogP contribution in [0.5, 0.6) is 0 Å². The molecule has 3 nitrogen and oxygen atoms in total. The first-order chi connectivity index (χ1) is 8.74. The van der Waals surface area contributed by atoms with E-state index < -0.39 is 0 Å². The second kappa shape index (κ2) is 4.18. The molecule has 0 radical (unpaired) electrons. The molecule has 2 heterocycles. The van der Waals surface area contributed by atoms with Gasteiger partial charge in [-0.3, -0.25) is 0 Å². The fourth-order valence-electron chi connectivity index (χ4n) is 2.19. The van der Waals surface area contributed by atoms with Gasteiger partial charge in [-0.2, -0.15) is 0 Å². The number of hydrogen-bond donors (Lipinski definition) is 0. The van der Waals surface area contributed by atoms with Crippen LogP contribution in [0.2, 0.25) is 0 Å². The third kappa shape index (κ3) is 1.84. The molecular formula is C15H15N3. The predicted molar refractivity (Wildman–Crippen MR) is 73.1 cm³/mol. The van der Waals surface area contributed by atoms with Crippen molar-refractivity contribution < 1.29 is 0 Å². The molecule has 0 amide bonds. The van der Waals surface area contributed by atoms with Crippen molar-refractivity contribution in [2.45, 2.75) is 0 Å². The van der Waals surface area contributed by atoms with E-state index in [1.165, 1.54) is 16.7 Å². The van der Waals surface area contributed by atoms with Gasteiger partial charge in [0.05, 0.1) is 12.0 Å². The van der Waals surface area contributed by atoms with Crippen LogP contribution in [-0.4, -0.2) is 14.1 Å². The van der Waals surface area contributed by atoms with Crippen molar-refractivity contribution in [2.24, 2.45) is 14.1 Å². The second-order valence-electron chi connectivity index (χ2n) is 4.54. The van der Waals surface area contributed by atoms with Crippen LogP contribution in [-0.2, 0) is 14.1 Å². The first-order valence-corrected chi connectivity index (χ1v) is 5.94. The zero-order valence-electron chi connectivity index (χ0n) is 10.5. The molecule has 0 aliphatic heterocycles. The highest BCUT2D eigenvalue weighted by Gasteiger charge is 2.11. The Bertz CT molecular complexity index is 662. The first-order valence-electron chi connectivity index (χ1n) is 5.94. The molecule has 0 bridgehead atoms. The maximum atomic E-state index is 4.44. The summed E-state index contributed by atoms with van der Waals surface area (Å²) in [4.78, 5) is 4.44. The molecule has 3 heteroatoms. The van der Waals surface area contributed by atoms with Crippen molar-refractivity contribution >= 4 is 0 Å². The van der Waals surface area contributed by atoms with E-state index in [4.69, 9.17) is 0 Å². The Kier molecular flexibility index (Phi) is 2.52. The summed E-state index contributed by atoms with van der Waals surface area (Å²) < 4.78 is 4.05. The van der Waals surface area contributed by atoms with Gasteiger partial charge in [-0.1, -0.05) is 30.3 Å². The van der Waals surface area contributed by atoms with Crippen LogP contribution in [0.4, 0.5) is 0 Å². The zero-order chi connectivity index (χ0) is 12.5. The largest absolute Gasteiger partial charge is 0.356 e. The zero-order valence-corrected chi connectivity index (χ0v) is 10.5. The summed E-state index contributed by atoms with van der Waals surface area (Å²) in [5.74, 6) is 0. The summed E-state index contributed by atoms with van der Waals surface area (Å²) in [7, 11) is 4.03. The van der Waals surface area contributed by atoms with Crippen molar-refractivity contribution in [2.75, 3.05) is 0 Å². The summed E-state index contributed by atoms with van der Waals surface area (Å²) in [5.41, 5.74) is 4.62. The molecule has 0 fully saturated rings. The third-order valence-electron chi connectivity index (χ3n) is 3.02. The smallest absolute Gasteiger partial charge is 0.0951 e. The Morgan fingerprint density at radius 2 is 1.56 bits per heavy atom. The van der Waals surface area contributed by atoms with Crippen molar-refractivity contribution in [3.63, 3.8) is 0 Å². The van der Waals surface area contributed by atoms with Crippen molar-refractivity contribution in [3.8, 4) is 22.4 Å². The predicted octanol–water partition coefficient (Wildman–Crippen LogP) is 3.09.